The van der Waals surface area contributed by atoms with Gasteiger partial charge in [-0.05, 0) is 50.8 Å². The van der Waals surface area contributed by atoms with Crippen molar-refractivity contribution in [3.8, 4) is 0 Å². The van der Waals surface area contributed by atoms with Gasteiger partial charge in [0.05, 0.1) is 7.11 Å². The highest BCUT2D eigenvalue weighted by Crippen LogP contribution is 2.33. The molecule has 1 amide bonds. The fourth-order valence-electron chi connectivity index (χ4n) is 2.90. The lowest BCUT2D eigenvalue weighted by Crippen LogP contribution is -2.59. The number of hydrogen-bond donors (Lipinski definition) is 2. The lowest BCUT2D eigenvalue weighted by atomic mass is 9.77. The molecule has 126 valence electrons. The SMILES string of the molecule is COC(=O)C1(NC(=O)OC(C)(C)C)CCc2c(N)cccc2C1. The number of amides is 1. The van der Waals surface area contributed by atoms with Gasteiger partial charge in [-0.25, -0.2) is 9.59 Å². The molecule has 1 aliphatic rings. The van der Waals surface area contributed by atoms with Gasteiger partial charge in [-0.1, -0.05) is 12.1 Å². The first kappa shape index (κ1) is 17.1. The molecule has 0 saturated carbocycles. The highest BCUT2D eigenvalue weighted by molar-refractivity contribution is 5.87. The number of nitrogens with two attached hydrogens (primary N) is 1. The van der Waals surface area contributed by atoms with Gasteiger partial charge in [0.1, 0.15) is 11.1 Å². The summed E-state index contributed by atoms with van der Waals surface area (Å²) in [6.45, 7) is 5.32. The molecular weight excluding hydrogens is 296 g/mol. The van der Waals surface area contributed by atoms with Crippen molar-refractivity contribution in [3.63, 3.8) is 0 Å². The van der Waals surface area contributed by atoms with Crippen molar-refractivity contribution in [3.05, 3.63) is 29.3 Å². The lowest BCUT2D eigenvalue weighted by molar-refractivity contribution is -0.149. The number of carbonyl (C=O) groups is 2. The molecule has 6 nitrogen and oxygen atoms in total. The van der Waals surface area contributed by atoms with Gasteiger partial charge in [-0.3, -0.25) is 0 Å². The Bertz CT molecular complexity index is 622. The number of methoxy groups -OCH3 is 1. The zero-order chi connectivity index (χ0) is 17.3. The molecule has 1 aliphatic carbocycles. The summed E-state index contributed by atoms with van der Waals surface area (Å²) < 4.78 is 10.2. The standard InChI is InChI=1S/C17H24N2O4/c1-16(2,3)23-15(21)19-17(14(20)22-4)9-8-12-11(10-17)6-5-7-13(12)18/h5-7H,8-10,18H2,1-4H3,(H,19,21). The molecule has 6 heteroatoms. The Morgan fingerprint density at radius 3 is 2.61 bits per heavy atom. The van der Waals surface area contributed by atoms with E-state index < -0.39 is 23.2 Å². The number of hydrogen-bond acceptors (Lipinski definition) is 5. The van der Waals surface area contributed by atoms with Gasteiger partial charge in [-0.2, -0.15) is 0 Å². The third-order valence-electron chi connectivity index (χ3n) is 3.92. The minimum absolute atomic E-state index is 0.333. The molecule has 0 saturated heterocycles. The van der Waals surface area contributed by atoms with Gasteiger partial charge < -0.3 is 20.5 Å². The van der Waals surface area contributed by atoms with E-state index in [-0.39, 0.29) is 0 Å². The molecule has 0 aliphatic heterocycles. The highest BCUT2D eigenvalue weighted by Gasteiger charge is 2.45. The molecular formula is C17H24N2O4. The molecule has 0 radical (unpaired) electrons. The maximum Gasteiger partial charge on any atom is 0.408 e. The van der Waals surface area contributed by atoms with E-state index in [9.17, 15) is 9.59 Å². The molecule has 23 heavy (non-hydrogen) atoms. The molecule has 2 rings (SSSR count). The van der Waals surface area contributed by atoms with Crippen LogP contribution in [0.1, 0.15) is 38.3 Å². The van der Waals surface area contributed by atoms with Crippen LogP contribution in [0.4, 0.5) is 10.5 Å². The first-order valence-electron chi connectivity index (χ1n) is 7.63. The van der Waals surface area contributed by atoms with E-state index in [1.807, 2.05) is 18.2 Å². The Balaban J connectivity index is 2.28. The van der Waals surface area contributed by atoms with Crippen molar-refractivity contribution in [2.45, 2.75) is 51.2 Å². The molecule has 1 unspecified atom stereocenters. The average molecular weight is 320 g/mol. The topological polar surface area (TPSA) is 90.6 Å². The van der Waals surface area contributed by atoms with E-state index in [2.05, 4.69) is 5.32 Å². The smallest absolute Gasteiger partial charge is 0.408 e. The molecule has 3 N–H and O–H groups in total. The number of nitrogen functional groups attached to an aromatic ring is 1. The Labute approximate surface area is 136 Å². The number of ether oxygens (including phenoxy) is 2. The highest BCUT2D eigenvalue weighted by atomic mass is 16.6. The summed E-state index contributed by atoms with van der Waals surface area (Å²) in [5, 5.41) is 2.72. The average Bonchev–Trinajstić information content (AvgIpc) is 2.44. The molecule has 0 heterocycles. The molecule has 1 aromatic rings. The Kier molecular flexibility index (Phi) is 4.54. The fraction of sp³-hybridized carbons (Fsp3) is 0.529. The van der Waals surface area contributed by atoms with Crippen molar-refractivity contribution in [1.29, 1.82) is 0 Å². The van der Waals surface area contributed by atoms with Gasteiger partial charge in [0, 0.05) is 12.1 Å². The van der Waals surface area contributed by atoms with Crippen molar-refractivity contribution in [2.24, 2.45) is 0 Å². The van der Waals surface area contributed by atoms with E-state index in [0.717, 1.165) is 11.1 Å². The minimum atomic E-state index is -1.13. The zero-order valence-corrected chi connectivity index (χ0v) is 14.1. The van der Waals surface area contributed by atoms with Crippen molar-refractivity contribution in [2.75, 3.05) is 12.8 Å². The normalized spacial score (nSPS) is 20.3. The molecule has 1 atom stereocenters. The van der Waals surface area contributed by atoms with E-state index in [1.54, 1.807) is 20.8 Å². The van der Waals surface area contributed by atoms with E-state index in [0.29, 0.717) is 24.9 Å². The van der Waals surface area contributed by atoms with Crippen molar-refractivity contribution >= 4 is 17.7 Å². The van der Waals surface area contributed by atoms with Crippen LogP contribution in [0.15, 0.2) is 18.2 Å². The maximum atomic E-state index is 12.4. The Hall–Kier alpha value is -2.24. The number of anilines is 1. The molecule has 0 bridgehead atoms. The summed E-state index contributed by atoms with van der Waals surface area (Å²) in [6, 6.07) is 5.60. The van der Waals surface area contributed by atoms with E-state index in [1.165, 1.54) is 7.11 Å². The van der Waals surface area contributed by atoms with Gasteiger partial charge >= 0.3 is 12.1 Å². The second-order valence-corrected chi connectivity index (χ2v) is 6.86. The number of rotatable bonds is 2. The number of alkyl carbamates (subject to hydrolysis) is 1. The quantitative estimate of drug-likeness (QED) is 0.644. The predicted octanol–water partition coefficient (Wildman–Crippen LogP) is 2.19. The van der Waals surface area contributed by atoms with E-state index >= 15 is 0 Å². The lowest BCUT2D eigenvalue weighted by Gasteiger charge is -2.37. The summed E-state index contributed by atoms with van der Waals surface area (Å²) in [5.74, 6) is -0.476. The minimum Gasteiger partial charge on any atom is -0.467 e. The van der Waals surface area contributed by atoms with Crippen LogP contribution in [0, 0.1) is 0 Å². The Morgan fingerprint density at radius 1 is 1.30 bits per heavy atom. The predicted molar refractivity (Wildman–Crippen MR) is 87.0 cm³/mol. The van der Waals surface area contributed by atoms with Crippen LogP contribution in [0.3, 0.4) is 0 Å². The van der Waals surface area contributed by atoms with Crippen molar-refractivity contribution < 1.29 is 19.1 Å². The van der Waals surface area contributed by atoms with Crippen LogP contribution >= 0.6 is 0 Å². The second-order valence-electron chi connectivity index (χ2n) is 6.86. The van der Waals surface area contributed by atoms with E-state index in [4.69, 9.17) is 15.2 Å². The third-order valence-corrected chi connectivity index (χ3v) is 3.92. The summed E-state index contributed by atoms with van der Waals surface area (Å²) in [6.07, 6.45) is 0.710. The fourth-order valence-corrected chi connectivity index (χ4v) is 2.90. The monoisotopic (exact) mass is 320 g/mol. The molecule has 0 fully saturated rings. The number of fused-ring (bicyclic) bond motifs is 1. The van der Waals surface area contributed by atoms with Gasteiger partial charge in [0.25, 0.3) is 0 Å². The number of carbonyl (C=O) groups excluding carboxylic acids is 2. The van der Waals surface area contributed by atoms with Crippen LogP contribution in [0.25, 0.3) is 0 Å². The first-order valence-corrected chi connectivity index (χ1v) is 7.63. The maximum absolute atomic E-state index is 12.4. The van der Waals surface area contributed by atoms with Crippen LogP contribution in [-0.2, 0) is 27.1 Å². The van der Waals surface area contributed by atoms with Crippen LogP contribution in [0.2, 0.25) is 0 Å². The second kappa shape index (κ2) is 6.10. The van der Waals surface area contributed by atoms with Crippen molar-refractivity contribution in [1.82, 2.24) is 5.32 Å². The summed E-state index contributed by atoms with van der Waals surface area (Å²) in [7, 11) is 1.32. The zero-order valence-electron chi connectivity index (χ0n) is 14.1. The van der Waals surface area contributed by atoms with Gasteiger partial charge in [0.2, 0.25) is 0 Å². The van der Waals surface area contributed by atoms with Crippen LogP contribution < -0.4 is 11.1 Å². The largest absolute Gasteiger partial charge is 0.467 e. The summed E-state index contributed by atoms with van der Waals surface area (Å²) in [5.41, 5.74) is 6.90. The first-order chi connectivity index (χ1) is 10.7. The van der Waals surface area contributed by atoms with Gasteiger partial charge in [0.15, 0.2) is 0 Å². The molecule has 1 aromatic carbocycles. The summed E-state index contributed by atoms with van der Waals surface area (Å²) >= 11 is 0. The van der Waals surface area contributed by atoms with Crippen LogP contribution in [0.5, 0.6) is 0 Å². The summed E-state index contributed by atoms with van der Waals surface area (Å²) in [4.78, 5) is 24.5. The number of benzene rings is 1. The Morgan fingerprint density at radius 2 is 2.00 bits per heavy atom. The van der Waals surface area contributed by atoms with Gasteiger partial charge in [-0.15, -0.1) is 0 Å². The molecule has 0 aromatic heterocycles. The van der Waals surface area contributed by atoms with Crippen LogP contribution in [-0.4, -0.2) is 30.3 Å². The number of esters is 1. The molecule has 0 spiro atoms. The number of nitrogens with one attached hydrogen (secondary N) is 1. The third kappa shape index (κ3) is 3.75.